The molecule has 3 fully saturated rings. The number of halogens is 1. The first-order chi connectivity index (χ1) is 10.3. The number of alkyl halides is 1. The van der Waals surface area contributed by atoms with E-state index in [9.17, 15) is 9.59 Å². The Morgan fingerprint density at radius 3 is 2.45 bits per heavy atom. The van der Waals surface area contributed by atoms with Crippen LogP contribution in [-0.2, 0) is 9.53 Å². The van der Waals surface area contributed by atoms with Crippen LogP contribution in [0.1, 0.15) is 59.3 Å². The third-order valence-corrected chi connectivity index (χ3v) is 5.81. The van der Waals surface area contributed by atoms with Crippen molar-refractivity contribution in [2.24, 2.45) is 11.8 Å². The van der Waals surface area contributed by atoms with Crippen LogP contribution in [0.2, 0.25) is 0 Å². The van der Waals surface area contributed by atoms with E-state index in [1.807, 2.05) is 25.7 Å². The summed E-state index contributed by atoms with van der Waals surface area (Å²) in [6.45, 7) is 5.65. The minimum Gasteiger partial charge on any atom is -0.444 e. The fourth-order valence-electron chi connectivity index (χ4n) is 4.50. The van der Waals surface area contributed by atoms with E-state index in [-0.39, 0.29) is 35.3 Å². The molecule has 0 radical (unpaired) electrons. The van der Waals surface area contributed by atoms with Gasteiger partial charge in [-0.1, -0.05) is 0 Å². The smallest absolute Gasteiger partial charge is 0.410 e. The number of hydrogen-bond acceptors (Lipinski definition) is 3. The first kappa shape index (κ1) is 16.1. The van der Waals surface area contributed by atoms with Gasteiger partial charge in [-0.05, 0) is 65.2 Å². The maximum atomic E-state index is 12.6. The molecule has 124 valence electrons. The van der Waals surface area contributed by atoms with Crippen molar-refractivity contribution in [2.45, 2.75) is 82.4 Å². The number of amides is 1. The van der Waals surface area contributed by atoms with Crippen molar-refractivity contribution in [1.29, 1.82) is 0 Å². The molecule has 5 atom stereocenters. The van der Waals surface area contributed by atoms with Crippen LogP contribution in [-0.4, -0.2) is 39.8 Å². The summed E-state index contributed by atoms with van der Waals surface area (Å²) in [5.41, 5.74) is -0.506. The summed E-state index contributed by atoms with van der Waals surface area (Å²) in [5.74, 6) is 0.457. The highest BCUT2D eigenvalue weighted by Gasteiger charge is 2.52. The molecule has 0 N–H and O–H groups in total. The number of rotatable bonds is 0. The minimum atomic E-state index is -0.506. The normalized spacial score (nSPS) is 38.5. The summed E-state index contributed by atoms with van der Waals surface area (Å²) in [5, 5.41) is -0.376. The predicted molar refractivity (Wildman–Crippen MR) is 85.0 cm³/mol. The van der Waals surface area contributed by atoms with E-state index in [1.54, 1.807) is 0 Å². The summed E-state index contributed by atoms with van der Waals surface area (Å²) < 4.78 is 5.60. The molecule has 5 heteroatoms. The van der Waals surface area contributed by atoms with Crippen molar-refractivity contribution in [2.75, 3.05) is 0 Å². The monoisotopic (exact) mass is 327 g/mol. The van der Waals surface area contributed by atoms with Crippen LogP contribution in [0, 0.1) is 11.8 Å². The number of Topliss-reactive ketones (excluding diaryl/α,β-unsaturated/α-hetero) is 1. The van der Waals surface area contributed by atoms with Crippen LogP contribution in [0.25, 0.3) is 0 Å². The molecule has 3 rings (SSSR count). The summed E-state index contributed by atoms with van der Waals surface area (Å²) in [7, 11) is 0. The lowest BCUT2D eigenvalue weighted by molar-refractivity contribution is -0.128. The Hall–Kier alpha value is -0.770. The number of fused-ring (bicyclic) bond motifs is 4. The first-order valence-electron chi connectivity index (χ1n) is 8.47. The number of ketones is 1. The quantitative estimate of drug-likeness (QED) is 0.636. The van der Waals surface area contributed by atoms with Crippen molar-refractivity contribution in [3.63, 3.8) is 0 Å². The molecule has 3 aliphatic rings. The number of carbonyl (C=O) groups is 2. The number of ether oxygens (including phenoxy) is 1. The standard InChI is InChI=1S/C17H26ClNO3/c1-17(2,3)22-16(21)19-11-6-4-10-5-8-12(18)15(20)14(10)13(19)9-7-11/h10-14H,4-9H2,1-3H3/t10-,11+,12?,13+,14-/m0/s1. The number of hydrogen-bond donors (Lipinski definition) is 0. The lowest BCUT2D eigenvalue weighted by atomic mass is 9.71. The summed E-state index contributed by atoms with van der Waals surface area (Å²) in [4.78, 5) is 27.2. The zero-order valence-electron chi connectivity index (χ0n) is 13.7. The van der Waals surface area contributed by atoms with Gasteiger partial charge in [0.1, 0.15) is 5.60 Å². The lowest BCUT2D eigenvalue weighted by Crippen LogP contribution is -2.50. The fraction of sp³-hybridized carbons (Fsp3) is 0.882. The van der Waals surface area contributed by atoms with E-state index in [2.05, 4.69) is 0 Å². The van der Waals surface area contributed by atoms with Gasteiger partial charge in [-0.25, -0.2) is 4.79 Å². The molecule has 2 heterocycles. The SMILES string of the molecule is CC(C)(C)OC(=O)N1[C@@H]2CC[C@H]3CCC(Cl)C(=O)[C@@H]3[C@H]1CC2. The molecule has 0 aromatic carbocycles. The van der Waals surface area contributed by atoms with Crippen molar-refractivity contribution < 1.29 is 14.3 Å². The Bertz CT molecular complexity index is 473. The summed E-state index contributed by atoms with van der Waals surface area (Å²) in [6.07, 6.45) is 5.43. The molecule has 0 aromatic heterocycles. The van der Waals surface area contributed by atoms with E-state index < -0.39 is 5.60 Å². The van der Waals surface area contributed by atoms with Crippen LogP contribution < -0.4 is 0 Å². The highest BCUT2D eigenvalue weighted by Crippen LogP contribution is 2.46. The van der Waals surface area contributed by atoms with Gasteiger partial charge in [0.15, 0.2) is 5.78 Å². The van der Waals surface area contributed by atoms with Gasteiger partial charge in [-0.15, -0.1) is 11.6 Å². The molecule has 1 saturated carbocycles. The van der Waals surface area contributed by atoms with Crippen molar-refractivity contribution in [3.8, 4) is 0 Å². The summed E-state index contributed by atoms with van der Waals surface area (Å²) in [6, 6.07) is 0.216. The molecule has 22 heavy (non-hydrogen) atoms. The zero-order valence-corrected chi connectivity index (χ0v) is 14.4. The van der Waals surface area contributed by atoms with E-state index in [0.717, 1.165) is 38.5 Å². The van der Waals surface area contributed by atoms with Gasteiger partial charge in [0.25, 0.3) is 0 Å². The molecule has 0 aromatic rings. The van der Waals surface area contributed by atoms with Gasteiger partial charge in [-0.3, -0.25) is 4.79 Å². The summed E-state index contributed by atoms with van der Waals surface area (Å²) >= 11 is 6.23. The number of carbonyl (C=O) groups excluding carboxylic acids is 2. The third-order valence-electron chi connectivity index (χ3n) is 5.37. The highest BCUT2D eigenvalue weighted by molar-refractivity contribution is 6.31. The molecule has 4 nitrogen and oxygen atoms in total. The first-order valence-corrected chi connectivity index (χ1v) is 8.90. The van der Waals surface area contributed by atoms with Gasteiger partial charge in [0.2, 0.25) is 0 Å². The Labute approximate surface area is 137 Å². The topological polar surface area (TPSA) is 46.6 Å². The van der Waals surface area contributed by atoms with E-state index in [4.69, 9.17) is 16.3 Å². The second kappa shape index (κ2) is 5.70. The van der Waals surface area contributed by atoms with Gasteiger partial charge < -0.3 is 9.64 Å². The molecule has 2 saturated heterocycles. The Morgan fingerprint density at radius 1 is 1.14 bits per heavy atom. The van der Waals surface area contributed by atoms with Crippen LogP contribution >= 0.6 is 11.6 Å². The zero-order chi connectivity index (χ0) is 16.1. The van der Waals surface area contributed by atoms with Gasteiger partial charge in [-0.2, -0.15) is 0 Å². The van der Waals surface area contributed by atoms with E-state index in [1.165, 1.54) is 0 Å². The average molecular weight is 328 g/mol. The predicted octanol–water partition coefficient (Wildman–Crippen LogP) is 3.75. The third kappa shape index (κ3) is 2.86. The average Bonchev–Trinajstić information content (AvgIpc) is 2.72. The van der Waals surface area contributed by atoms with Gasteiger partial charge in [0, 0.05) is 18.0 Å². The van der Waals surface area contributed by atoms with Crippen molar-refractivity contribution in [3.05, 3.63) is 0 Å². The fourth-order valence-corrected chi connectivity index (χ4v) is 4.78. The van der Waals surface area contributed by atoms with Crippen LogP contribution in [0.3, 0.4) is 0 Å². The van der Waals surface area contributed by atoms with Crippen molar-refractivity contribution >= 4 is 23.5 Å². The van der Waals surface area contributed by atoms with Crippen molar-refractivity contribution in [1.82, 2.24) is 4.90 Å². The van der Waals surface area contributed by atoms with E-state index in [0.29, 0.717) is 5.92 Å². The maximum absolute atomic E-state index is 12.6. The van der Waals surface area contributed by atoms with Crippen LogP contribution in [0.4, 0.5) is 4.79 Å². The molecule has 1 amide bonds. The minimum absolute atomic E-state index is 0.0126. The Balaban J connectivity index is 1.86. The molecular weight excluding hydrogens is 302 g/mol. The van der Waals surface area contributed by atoms with Crippen LogP contribution in [0.15, 0.2) is 0 Å². The lowest BCUT2D eigenvalue weighted by Gasteiger charge is -2.38. The van der Waals surface area contributed by atoms with E-state index >= 15 is 0 Å². The molecule has 1 aliphatic carbocycles. The molecular formula is C17H26ClNO3. The molecule has 1 unspecified atom stereocenters. The van der Waals surface area contributed by atoms with Crippen LogP contribution in [0.5, 0.6) is 0 Å². The number of nitrogens with zero attached hydrogens (tertiary/aromatic N) is 1. The molecule has 2 bridgehead atoms. The Morgan fingerprint density at radius 2 is 1.77 bits per heavy atom. The van der Waals surface area contributed by atoms with Gasteiger partial charge in [0.05, 0.1) is 5.38 Å². The molecule has 2 aliphatic heterocycles. The molecule has 0 spiro atoms. The second-order valence-corrected chi connectivity index (χ2v) is 8.52. The van der Waals surface area contributed by atoms with Gasteiger partial charge >= 0.3 is 6.09 Å². The highest BCUT2D eigenvalue weighted by atomic mass is 35.5. The largest absolute Gasteiger partial charge is 0.444 e. The Kier molecular flexibility index (Phi) is 4.17. The second-order valence-electron chi connectivity index (χ2n) is 8.00. The maximum Gasteiger partial charge on any atom is 0.410 e.